The van der Waals surface area contributed by atoms with Gasteiger partial charge in [0.05, 0.1) is 22.4 Å². The van der Waals surface area contributed by atoms with Crippen molar-refractivity contribution in [2.45, 2.75) is 52.1 Å². The van der Waals surface area contributed by atoms with Crippen LogP contribution in [-0.4, -0.2) is 35.4 Å². The lowest BCUT2D eigenvalue weighted by atomic mass is 9.78. The van der Waals surface area contributed by atoms with E-state index in [1.165, 1.54) is 0 Å². The van der Waals surface area contributed by atoms with Crippen molar-refractivity contribution >= 4 is 22.3 Å². The van der Waals surface area contributed by atoms with E-state index in [-0.39, 0.29) is 12.1 Å². The van der Waals surface area contributed by atoms with E-state index in [0.717, 1.165) is 43.6 Å². The molecular formula is C22H31N7O2. The fraction of sp³-hybridized carbons (Fsp3) is 0.591. The van der Waals surface area contributed by atoms with Gasteiger partial charge in [0.1, 0.15) is 0 Å². The van der Waals surface area contributed by atoms with Gasteiger partial charge in [-0.2, -0.15) is 9.94 Å². The molecule has 1 aliphatic carbocycles. The van der Waals surface area contributed by atoms with Crippen molar-refractivity contribution in [3.05, 3.63) is 32.5 Å². The van der Waals surface area contributed by atoms with Gasteiger partial charge in [0, 0.05) is 36.5 Å². The van der Waals surface area contributed by atoms with Crippen molar-refractivity contribution in [1.82, 2.24) is 14.6 Å². The highest BCUT2D eigenvalue weighted by atomic mass is 16.2. The Kier molecular flexibility index (Phi) is 5.01. The van der Waals surface area contributed by atoms with Crippen LogP contribution in [0.5, 0.6) is 0 Å². The van der Waals surface area contributed by atoms with Gasteiger partial charge in [-0.25, -0.2) is 4.79 Å². The molecule has 9 nitrogen and oxygen atoms in total. The number of nitrogens with one attached hydrogen (secondary N) is 1. The first-order valence-electron chi connectivity index (χ1n) is 10.8. The van der Waals surface area contributed by atoms with Gasteiger partial charge >= 0.3 is 5.69 Å². The maximum Gasteiger partial charge on any atom is 0.350 e. The Balaban J connectivity index is 1.82. The summed E-state index contributed by atoms with van der Waals surface area (Å²) < 4.78 is 2.32. The third-order valence-electron chi connectivity index (χ3n) is 6.97. The molecule has 31 heavy (non-hydrogen) atoms. The Labute approximate surface area is 181 Å². The molecule has 0 spiro atoms. The molecule has 2 aromatic rings. The van der Waals surface area contributed by atoms with Crippen LogP contribution in [0.25, 0.3) is 10.9 Å². The Morgan fingerprint density at radius 2 is 1.97 bits per heavy atom. The van der Waals surface area contributed by atoms with Crippen LogP contribution in [0.3, 0.4) is 0 Å². The van der Waals surface area contributed by atoms with Crippen LogP contribution in [0.15, 0.2) is 15.7 Å². The first-order valence-corrected chi connectivity index (χ1v) is 10.8. The largest absolute Gasteiger partial charge is 0.398 e. The minimum Gasteiger partial charge on any atom is -0.398 e. The topological polar surface area (TPSA) is 135 Å². The molecule has 1 aromatic carbocycles. The van der Waals surface area contributed by atoms with E-state index < -0.39 is 16.7 Å². The molecule has 0 radical (unpaired) electrons. The lowest BCUT2D eigenvalue weighted by Crippen LogP contribution is -2.46. The molecule has 2 unspecified atom stereocenters. The zero-order valence-corrected chi connectivity index (χ0v) is 18.6. The summed E-state index contributed by atoms with van der Waals surface area (Å²) in [6.45, 7) is 7.45. The van der Waals surface area contributed by atoms with E-state index in [4.69, 9.17) is 11.6 Å². The van der Waals surface area contributed by atoms with E-state index in [9.17, 15) is 14.9 Å². The number of hydrogen-bond acceptors (Lipinski definition) is 7. The highest BCUT2D eigenvalue weighted by molar-refractivity contribution is 5.96. The number of benzene rings is 1. The summed E-state index contributed by atoms with van der Waals surface area (Å²) in [5.74, 6) is 6.08. The first-order chi connectivity index (χ1) is 14.6. The maximum absolute atomic E-state index is 12.8. The minimum absolute atomic E-state index is 0.0506. The van der Waals surface area contributed by atoms with Gasteiger partial charge in [-0.15, -0.1) is 0 Å². The van der Waals surface area contributed by atoms with Crippen LogP contribution in [0, 0.1) is 29.6 Å². The highest BCUT2D eigenvalue weighted by Gasteiger charge is 2.39. The summed E-state index contributed by atoms with van der Waals surface area (Å²) in [6.07, 6.45) is 2.71. The molecule has 1 aromatic heterocycles. The van der Waals surface area contributed by atoms with Gasteiger partial charge in [-0.3, -0.25) is 9.36 Å². The smallest absolute Gasteiger partial charge is 0.350 e. The molecule has 1 saturated carbocycles. The number of aryl methyl sites for hydroxylation is 1. The number of fused-ring (bicyclic) bond motifs is 1. The van der Waals surface area contributed by atoms with Crippen LogP contribution < -0.4 is 33.0 Å². The van der Waals surface area contributed by atoms with Crippen LogP contribution in [0.1, 0.15) is 44.7 Å². The minimum atomic E-state index is -0.561. The van der Waals surface area contributed by atoms with Crippen molar-refractivity contribution in [2.75, 3.05) is 36.6 Å². The second-order valence-corrected chi connectivity index (χ2v) is 9.49. The van der Waals surface area contributed by atoms with Gasteiger partial charge in [0.2, 0.25) is 0 Å². The van der Waals surface area contributed by atoms with Crippen LogP contribution in [0.4, 0.5) is 11.4 Å². The molecule has 2 aliphatic rings. The number of hydrogen-bond donors (Lipinski definition) is 3. The van der Waals surface area contributed by atoms with E-state index in [0.29, 0.717) is 27.2 Å². The summed E-state index contributed by atoms with van der Waals surface area (Å²) in [5, 5.41) is 13.3. The summed E-state index contributed by atoms with van der Waals surface area (Å²) >= 11 is 0. The maximum atomic E-state index is 12.8. The summed E-state index contributed by atoms with van der Waals surface area (Å²) in [5.41, 5.74) is 7.53. The molecule has 0 bridgehead atoms. The molecular weight excluding hydrogens is 394 g/mol. The SMILES string of the molecule is CNC(C1CCN(c2cc(N)c3c(=O)n(N)c(=O)n(C4CC4)c3c2C)C1)C(C)(C)C#N. The van der Waals surface area contributed by atoms with Gasteiger partial charge in [0.15, 0.2) is 0 Å². The molecule has 5 N–H and O–H groups in total. The number of aromatic nitrogens is 2. The van der Waals surface area contributed by atoms with E-state index in [1.54, 1.807) is 4.57 Å². The molecule has 2 atom stereocenters. The molecule has 166 valence electrons. The van der Waals surface area contributed by atoms with Crippen molar-refractivity contribution in [2.24, 2.45) is 11.3 Å². The Hall–Kier alpha value is -2.99. The fourth-order valence-electron chi connectivity index (χ4n) is 5.25. The van der Waals surface area contributed by atoms with Gasteiger partial charge in [-0.1, -0.05) is 0 Å². The standard InChI is InChI=1S/C22H31N7O2/c1-12-16(27-8-7-13(10-27)19(26-4)22(2,3)11-23)9-15(24)17-18(12)28(14-5-6-14)21(31)29(25)20(17)30/h9,13-14,19,26H,5-8,10,24-25H2,1-4H3. The second kappa shape index (κ2) is 7.31. The predicted octanol–water partition coefficient (Wildman–Crippen LogP) is 1.07. The third kappa shape index (κ3) is 3.26. The first kappa shape index (κ1) is 21.2. The molecule has 0 amide bonds. The lowest BCUT2D eigenvalue weighted by molar-refractivity contribution is 0.253. The number of anilines is 2. The van der Waals surface area contributed by atoms with Gasteiger partial charge in [0.25, 0.3) is 5.56 Å². The number of nitrogen functional groups attached to an aromatic ring is 2. The number of nitrogens with two attached hydrogens (primary N) is 2. The van der Waals surface area contributed by atoms with Crippen molar-refractivity contribution in [1.29, 1.82) is 5.26 Å². The van der Waals surface area contributed by atoms with E-state index in [2.05, 4.69) is 16.3 Å². The van der Waals surface area contributed by atoms with E-state index in [1.807, 2.05) is 33.9 Å². The second-order valence-electron chi connectivity index (χ2n) is 9.49. The molecule has 1 saturated heterocycles. The number of nitriles is 1. The summed E-state index contributed by atoms with van der Waals surface area (Å²) in [7, 11) is 1.90. The molecule has 2 heterocycles. The fourth-order valence-corrected chi connectivity index (χ4v) is 5.25. The molecule has 1 aliphatic heterocycles. The average Bonchev–Trinajstić information content (AvgIpc) is 3.46. The molecule has 9 heteroatoms. The Morgan fingerprint density at radius 1 is 1.29 bits per heavy atom. The van der Waals surface area contributed by atoms with E-state index >= 15 is 0 Å². The highest BCUT2D eigenvalue weighted by Crippen LogP contribution is 2.40. The summed E-state index contributed by atoms with van der Waals surface area (Å²) in [4.78, 5) is 27.8. The molecule has 2 fully saturated rings. The van der Waals surface area contributed by atoms with Gasteiger partial charge in [-0.05, 0) is 64.6 Å². The Bertz CT molecular complexity index is 1200. The van der Waals surface area contributed by atoms with Crippen molar-refractivity contribution in [3.63, 3.8) is 0 Å². The monoisotopic (exact) mass is 425 g/mol. The van der Waals surface area contributed by atoms with Crippen LogP contribution in [-0.2, 0) is 0 Å². The van der Waals surface area contributed by atoms with Crippen molar-refractivity contribution < 1.29 is 0 Å². The van der Waals surface area contributed by atoms with Crippen LogP contribution >= 0.6 is 0 Å². The summed E-state index contributed by atoms with van der Waals surface area (Å²) in [6, 6.07) is 4.35. The predicted molar refractivity (Wildman–Crippen MR) is 123 cm³/mol. The normalized spacial score (nSPS) is 20.2. The zero-order valence-electron chi connectivity index (χ0n) is 18.6. The zero-order chi connectivity index (χ0) is 22.7. The third-order valence-corrected chi connectivity index (χ3v) is 6.97. The lowest BCUT2D eigenvalue weighted by Gasteiger charge is -2.33. The van der Waals surface area contributed by atoms with Crippen molar-refractivity contribution in [3.8, 4) is 6.07 Å². The number of rotatable bonds is 5. The Morgan fingerprint density at radius 3 is 2.55 bits per heavy atom. The van der Waals surface area contributed by atoms with Gasteiger partial charge < -0.3 is 21.8 Å². The van der Waals surface area contributed by atoms with Crippen LogP contribution in [0.2, 0.25) is 0 Å². The quantitative estimate of drug-likeness (QED) is 0.481. The molecule has 4 rings (SSSR count). The average molecular weight is 426 g/mol. The number of nitrogens with zero attached hydrogens (tertiary/aromatic N) is 4.